The van der Waals surface area contributed by atoms with Crippen LogP contribution in [0.2, 0.25) is 0 Å². The number of nitrogens with one attached hydrogen (secondary N) is 2. The smallest absolute Gasteiger partial charge is 0.214 e. The van der Waals surface area contributed by atoms with Crippen LogP contribution in [0.1, 0.15) is 65.7 Å². The summed E-state index contributed by atoms with van der Waals surface area (Å²) in [6, 6.07) is 0.222. The third-order valence-electron chi connectivity index (χ3n) is 5.87. The fraction of sp³-hybridized carbons (Fsp3) is 0.947. The molecule has 1 aliphatic carbocycles. The molecule has 7 nitrogen and oxygen atoms in total. The highest BCUT2D eigenvalue weighted by molar-refractivity contribution is 14.0. The van der Waals surface area contributed by atoms with Crippen molar-refractivity contribution in [2.24, 2.45) is 10.4 Å². The fourth-order valence-corrected chi connectivity index (χ4v) is 5.55. The number of halogens is 1. The first kappa shape index (κ1) is 25.9. The minimum Gasteiger partial charge on any atom is -0.392 e. The Balaban J connectivity index is 0.00000392. The van der Waals surface area contributed by atoms with Crippen LogP contribution in [-0.4, -0.2) is 67.9 Å². The molecule has 0 aromatic rings. The molecule has 1 heterocycles. The minimum atomic E-state index is -3.10. The largest absolute Gasteiger partial charge is 0.392 e. The summed E-state index contributed by atoms with van der Waals surface area (Å²) in [4.78, 5) is 4.75. The molecule has 3 N–H and O–H groups in total. The van der Waals surface area contributed by atoms with Gasteiger partial charge in [0.1, 0.15) is 0 Å². The van der Waals surface area contributed by atoms with E-state index in [4.69, 9.17) is 4.99 Å². The van der Waals surface area contributed by atoms with Gasteiger partial charge in [0.25, 0.3) is 0 Å². The molecule has 2 unspecified atom stereocenters. The van der Waals surface area contributed by atoms with Gasteiger partial charge in [-0.25, -0.2) is 12.7 Å². The topological polar surface area (TPSA) is 94.0 Å². The van der Waals surface area contributed by atoms with Gasteiger partial charge in [0.15, 0.2) is 5.96 Å². The molecule has 0 amide bonds. The van der Waals surface area contributed by atoms with Gasteiger partial charge in [-0.3, -0.25) is 4.99 Å². The molecule has 1 saturated carbocycles. The second-order valence-electron chi connectivity index (χ2n) is 8.24. The quantitative estimate of drug-likeness (QED) is 0.267. The van der Waals surface area contributed by atoms with Crippen molar-refractivity contribution in [3.63, 3.8) is 0 Å². The Labute approximate surface area is 188 Å². The highest BCUT2D eigenvalue weighted by atomic mass is 127. The third-order valence-corrected chi connectivity index (χ3v) is 7.95. The molecule has 1 saturated heterocycles. The maximum absolute atomic E-state index is 12.2. The van der Waals surface area contributed by atoms with Gasteiger partial charge in [-0.05, 0) is 39.0 Å². The van der Waals surface area contributed by atoms with E-state index in [0.29, 0.717) is 26.1 Å². The Hall–Kier alpha value is -0.130. The SMILES string of the molecule is CCCS(=O)(=O)N1CCC(NC(=NCC2(C)CCCCC2O)NCC)CC1.I. The zero-order valence-electron chi connectivity index (χ0n) is 17.6. The van der Waals surface area contributed by atoms with Crippen molar-refractivity contribution in [3.05, 3.63) is 0 Å². The number of aliphatic imine (C=N–C) groups is 1. The average Bonchev–Trinajstić information content (AvgIpc) is 2.63. The lowest BCUT2D eigenvalue weighted by molar-refractivity contribution is 0.00715. The van der Waals surface area contributed by atoms with E-state index in [1.807, 2.05) is 13.8 Å². The highest BCUT2D eigenvalue weighted by Gasteiger charge is 2.35. The van der Waals surface area contributed by atoms with Gasteiger partial charge >= 0.3 is 0 Å². The standard InChI is InChI=1S/C19H38N4O3S.HI/c1-4-14-27(25,26)23-12-9-16(10-13-23)22-18(20-5-2)21-15-19(3)11-7-6-8-17(19)24;/h16-17,24H,4-15H2,1-3H3,(H2,20,21,22);1H. The lowest BCUT2D eigenvalue weighted by atomic mass is 9.73. The molecule has 0 bridgehead atoms. The molecule has 2 fully saturated rings. The molecule has 166 valence electrons. The summed E-state index contributed by atoms with van der Waals surface area (Å²) in [5.74, 6) is 1.00. The third kappa shape index (κ3) is 7.28. The Morgan fingerprint density at radius 1 is 1.21 bits per heavy atom. The molecule has 1 aliphatic heterocycles. The first-order valence-corrected chi connectivity index (χ1v) is 12.1. The molecule has 9 heteroatoms. The van der Waals surface area contributed by atoms with E-state index in [2.05, 4.69) is 17.6 Å². The number of piperidine rings is 1. The normalized spacial score (nSPS) is 27.9. The maximum atomic E-state index is 12.2. The first-order valence-electron chi connectivity index (χ1n) is 10.5. The van der Waals surface area contributed by atoms with Crippen LogP contribution in [-0.2, 0) is 10.0 Å². The van der Waals surface area contributed by atoms with E-state index in [1.54, 1.807) is 4.31 Å². The van der Waals surface area contributed by atoms with Crippen molar-refractivity contribution in [1.82, 2.24) is 14.9 Å². The van der Waals surface area contributed by atoms with Crippen molar-refractivity contribution in [3.8, 4) is 0 Å². The van der Waals surface area contributed by atoms with Gasteiger partial charge in [0, 0.05) is 31.1 Å². The summed E-state index contributed by atoms with van der Waals surface area (Å²) in [6.45, 7) is 8.57. The molecule has 0 radical (unpaired) electrons. The number of hydrogen-bond donors (Lipinski definition) is 3. The Kier molecular flexibility index (Phi) is 11.0. The summed E-state index contributed by atoms with van der Waals surface area (Å²) in [7, 11) is -3.10. The summed E-state index contributed by atoms with van der Waals surface area (Å²) in [5, 5.41) is 17.1. The van der Waals surface area contributed by atoms with Crippen LogP contribution in [0.5, 0.6) is 0 Å². The lowest BCUT2D eigenvalue weighted by Crippen LogP contribution is -2.50. The Bertz CT molecular complexity index is 594. The van der Waals surface area contributed by atoms with Crippen LogP contribution >= 0.6 is 24.0 Å². The van der Waals surface area contributed by atoms with E-state index in [-0.39, 0.29) is 47.3 Å². The van der Waals surface area contributed by atoms with Crippen LogP contribution in [0.4, 0.5) is 0 Å². The van der Waals surface area contributed by atoms with E-state index in [9.17, 15) is 13.5 Å². The van der Waals surface area contributed by atoms with Crippen molar-refractivity contribution in [2.45, 2.75) is 77.9 Å². The first-order chi connectivity index (χ1) is 12.8. The average molecular weight is 531 g/mol. The molecule has 0 aromatic heterocycles. The maximum Gasteiger partial charge on any atom is 0.214 e. The Morgan fingerprint density at radius 3 is 2.46 bits per heavy atom. The molecular formula is C19H39IN4O3S. The molecule has 0 spiro atoms. The second-order valence-corrected chi connectivity index (χ2v) is 10.3. The zero-order valence-corrected chi connectivity index (χ0v) is 20.8. The summed E-state index contributed by atoms with van der Waals surface area (Å²) in [5.41, 5.74) is -0.155. The highest BCUT2D eigenvalue weighted by Crippen LogP contribution is 2.36. The lowest BCUT2D eigenvalue weighted by Gasteiger charge is -2.37. The molecule has 2 atom stereocenters. The van der Waals surface area contributed by atoms with Crippen molar-refractivity contribution < 1.29 is 13.5 Å². The number of nitrogens with zero attached hydrogens (tertiary/aromatic N) is 2. The van der Waals surface area contributed by atoms with E-state index in [1.165, 1.54) is 0 Å². The van der Waals surface area contributed by atoms with Crippen molar-refractivity contribution in [1.29, 1.82) is 0 Å². The van der Waals surface area contributed by atoms with Crippen LogP contribution in [0.3, 0.4) is 0 Å². The van der Waals surface area contributed by atoms with Crippen LogP contribution in [0.15, 0.2) is 4.99 Å². The fourth-order valence-electron chi connectivity index (χ4n) is 4.00. The summed E-state index contributed by atoms with van der Waals surface area (Å²) < 4.78 is 26.0. The molecular weight excluding hydrogens is 491 g/mol. The predicted octanol–water partition coefficient (Wildman–Crippen LogP) is 2.30. The van der Waals surface area contributed by atoms with Crippen molar-refractivity contribution >= 4 is 40.0 Å². The van der Waals surface area contributed by atoms with E-state index < -0.39 is 10.0 Å². The molecule has 2 rings (SSSR count). The zero-order chi connectivity index (χ0) is 19.9. The van der Waals surface area contributed by atoms with Gasteiger partial charge in [0.05, 0.1) is 18.4 Å². The molecule has 28 heavy (non-hydrogen) atoms. The van der Waals surface area contributed by atoms with Gasteiger partial charge in [0.2, 0.25) is 10.0 Å². The number of hydrogen-bond acceptors (Lipinski definition) is 4. The number of rotatable bonds is 7. The van der Waals surface area contributed by atoms with Crippen LogP contribution in [0, 0.1) is 5.41 Å². The second kappa shape index (κ2) is 11.9. The van der Waals surface area contributed by atoms with E-state index >= 15 is 0 Å². The minimum absolute atomic E-state index is 0. The Morgan fingerprint density at radius 2 is 1.89 bits per heavy atom. The van der Waals surface area contributed by atoms with Crippen molar-refractivity contribution in [2.75, 3.05) is 31.9 Å². The number of sulfonamides is 1. The number of guanidine groups is 1. The van der Waals surface area contributed by atoms with Gasteiger partial charge < -0.3 is 15.7 Å². The number of aliphatic hydroxyl groups excluding tert-OH is 1. The van der Waals surface area contributed by atoms with Crippen LogP contribution in [0.25, 0.3) is 0 Å². The molecule has 2 aliphatic rings. The van der Waals surface area contributed by atoms with Gasteiger partial charge in [-0.15, -0.1) is 24.0 Å². The monoisotopic (exact) mass is 530 g/mol. The summed E-state index contributed by atoms with van der Waals surface area (Å²) >= 11 is 0. The summed E-state index contributed by atoms with van der Waals surface area (Å²) in [6.07, 6.45) is 6.05. The molecule has 0 aromatic carbocycles. The van der Waals surface area contributed by atoms with Crippen LogP contribution < -0.4 is 10.6 Å². The van der Waals surface area contributed by atoms with Gasteiger partial charge in [-0.2, -0.15) is 0 Å². The van der Waals surface area contributed by atoms with Gasteiger partial charge in [-0.1, -0.05) is 26.7 Å². The van der Waals surface area contributed by atoms with E-state index in [0.717, 1.165) is 51.0 Å². The predicted molar refractivity (Wildman–Crippen MR) is 126 cm³/mol. The number of aliphatic hydroxyl groups is 1.